The van der Waals surface area contributed by atoms with E-state index >= 15 is 0 Å². The standard InChI is InChI=1S/C21H25BrN2O4S2/c1-3-5-19(30-21(27)28-2)9-11-24-20(26)29-13-12-23(24)10-8-18(25)15-16-6-4-7-17(22)14-16/h3-7,14H,1,8-13,15H2,2H3/b19-5-. The maximum atomic E-state index is 12.4. The van der Waals surface area contributed by atoms with Gasteiger partial charge >= 0.3 is 5.30 Å². The number of benzene rings is 1. The molecule has 0 spiro atoms. The van der Waals surface area contributed by atoms with Crippen molar-refractivity contribution in [1.82, 2.24) is 10.0 Å². The smallest absolute Gasteiger partial charge is 0.371 e. The summed E-state index contributed by atoms with van der Waals surface area (Å²) in [5.74, 6) is 0.828. The Morgan fingerprint density at radius 1 is 1.33 bits per heavy atom. The van der Waals surface area contributed by atoms with Gasteiger partial charge in [-0.3, -0.25) is 14.6 Å². The molecule has 0 unspecified atom stereocenters. The third-order valence-electron chi connectivity index (χ3n) is 4.32. The van der Waals surface area contributed by atoms with Crippen LogP contribution in [0.5, 0.6) is 0 Å². The van der Waals surface area contributed by atoms with Crippen LogP contribution in [0.1, 0.15) is 18.4 Å². The number of ketones is 1. The van der Waals surface area contributed by atoms with E-state index in [9.17, 15) is 14.4 Å². The maximum absolute atomic E-state index is 12.4. The van der Waals surface area contributed by atoms with Crippen molar-refractivity contribution in [2.75, 3.05) is 32.5 Å². The monoisotopic (exact) mass is 512 g/mol. The number of Topliss-reactive ketones (excluding diaryl/α,β-unsaturated/α-hetero) is 1. The van der Waals surface area contributed by atoms with Crippen LogP contribution in [0.4, 0.5) is 9.59 Å². The van der Waals surface area contributed by atoms with E-state index in [2.05, 4.69) is 22.5 Å². The van der Waals surface area contributed by atoms with Gasteiger partial charge in [0.25, 0.3) is 5.24 Å². The molecule has 1 aliphatic rings. The zero-order valence-corrected chi connectivity index (χ0v) is 20.1. The van der Waals surface area contributed by atoms with Gasteiger partial charge in [0, 0.05) is 42.7 Å². The summed E-state index contributed by atoms with van der Waals surface area (Å²) in [4.78, 5) is 37.2. The minimum atomic E-state index is -0.405. The average molecular weight is 513 g/mol. The lowest BCUT2D eigenvalue weighted by Crippen LogP contribution is -2.50. The van der Waals surface area contributed by atoms with Gasteiger partial charge in [0.1, 0.15) is 5.78 Å². The molecular formula is C21H25BrN2O4S2. The number of nitrogens with zero attached hydrogens (tertiary/aromatic N) is 2. The van der Waals surface area contributed by atoms with Gasteiger partial charge in [0.05, 0.1) is 7.11 Å². The summed E-state index contributed by atoms with van der Waals surface area (Å²) in [5, 5.41) is 3.17. The number of hydrogen-bond donors (Lipinski definition) is 0. The molecule has 9 heteroatoms. The number of thioether (sulfide) groups is 2. The van der Waals surface area contributed by atoms with Crippen LogP contribution in [0.15, 0.2) is 52.4 Å². The number of halogens is 1. The van der Waals surface area contributed by atoms with Crippen molar-refractivity contribution in [3.05, 3.63) is 57.9 Å². The Kier molecular flexibility index (Phi) is 10.7. The molecule has 1 amide bonds. The highest BCUT2D eigenvalue weighted by Crippen LogP contribution is 2.25. The van der Waals surface area contributed by atoms with Crippen LogP contribution in [0, 0.1) is 0 Å². The number of rotatable bonds is 10. The van der Waals surface area contributed by atoms with Crippen molar-refractivity contribution in [1.29, 1.82) is 0 Å². The normalized spacial score (nSPS) is 15.2. The van der Waals surface area contributed by atoms with E-state index in [1.807, 2.05) is 29.3 Å². The molecule has 0 bridgehead atoms. The van der Waals surface area contributed by atoms with E-state index in [0.717, 1.165) is 26.7 Å². The highest BCUT2D eigenvalue weighted by molar-refractivity contribution is 9.10. The van der Waals surface area contributed by atoms with Crippen molar-refractivity contribution >= 4 is 55.8 Å². The summed E-state index contributed by atoms with van der Waals surface area (Å²) in [6, 6.07) is 7.71. The van der Waals surface area contributed by atoms with Gasteiger partial charge in [0.15, 0.2) is 0 Å². The van der Waals surface area contributed by atoms with E-state index in [1.54, 1.807) is 17.2 Å². The zero-order chi connectivity index (χ0) is 21.9. The molecule has 1 saturated heterocycles. The Morgan fingerprint density at radius 2 is 2.13 bits per heavy atom. The van der Waals surface area contributed by atoms with Gasteiger partial charge in [-0.05, 0) is 40.8 Å². The van der Waals surface area contributed by atoms with Crippen molar-refractivity contribution in [3.63, 3.8) is 0 Å². The van der Waals surface area contributed by atoms with Gasteiger partial charge in [-0.2, -0.15) is 0 Å². The molecule has 0 aliphatic carbocycles. The molecule has 0 saturated carbocycles. The lowest BCUT2D eigenvalue weighted by Gasteiger charge is -2.38. The number of ether oxygens (including phenoxy) is 1. The van der Waals surface area contributed by atoms with Crippen molar-refractivity contribution in [2.45, 2.75) is 19.3 Å². The highest BCUT2D eigenvalue weighted by atomic mass is 79.9. The van der Waals surface area contributed by atoms with Gasteiger partial charge in [-0.25, -0.2) is 9.80 Å². The molecule has 1 fully saturated rings. The molecule has 2 rings (SSSR count). The molecule has 30 heavy (non-hydrogen) atoms. The summed E-state index contributed by atoms with van der Waals surface area (Å²) in [5.41, 5.74) is 0.968. The van der Waals surface area contributed by atoms with Gasteiger partial charge in [0.2, 0.25) is 0 Å². The molecule has 0 radical (unpaired) electrons. The Morgan fingerprint density at radius 3 is 2.83 bits per heavy atom. The molecule has 1 aromatic carbocycles. The van der Waals surface area contributed by atoms with Gasteiger partial charge in [-0.1, -0.05) is 58.6 Å². The first-order valence-corrected chi connectivity index (χ1v) is 12.0. The Bertz CT molecular complexity index is 816. The van der Waals surface area contributed by atoms with Crippen LogP contribution in [0.2, 0.25) is 0 Å². The average Bonchev–Trinajstić information content (AvgIpc) is 2.71. The summed E-state index contributed by atoms with van der Waals surface area (Å²) in [6.07, 6.45) is 4.59. The van der Waals surface area contributed by atoms with Crippen molar-refractivity contribution in [2.24, 2.45) is 0 Å². The van der Waals surface area contributed by atoms with Crippen LogP contribution in [-0.2, 0) is 16.0 Å². The topological polar surface area (TPSA) is 66.9 Å². The van der Waals surface area contributed by atoms with E-state index in [4.69, 9.17) is 4.74 Å². The number of methoxy groups -OCH3 is 1. The maximum Gasteiger partial charge on any atom is 0.371 e. The molecule has 1 heterocycles. The van der Waals surface area contributed by atoms with Crippen molar-refractivity contribution < 1.29 is 19.1 Å². The molecule has 162 valence electrons. The molecule has 6 nitrogen and oxygen atoms in total. The van der Waals surface area contributed by atoms with Crippen LogP contribution in [0.25, 0.3) is 0 Å². The third kappa shape index (κ3) is 8.29. The number of allylic oxidation sites excluding steroid dienone is 2. The number of carbonyl (C=O) groups is 3. The lowest BCUT2D eigenvalue weighted by molar-refractivity contribution is -0.119. The Labute approximate surface area is 194 Å². The van der Waals surface area contributed by atoms with E-state index in [0.29, 0.717) is 44.6 Å². The number of amides is 1. The summed E-state index contributed by atoms with van der Waals surface area (Å²) >= 11 is 5.68. The fourth-order valence-corrected chi connectivity index (χ4v) is 4.83. The highest BCUT2D eigenvalue weighted by Gasteiger charge is 2.27. The number of carbonyl (C=O) groups excluding carboxylic acids is 3. The minimum absolute atomic E-state index is 0.0401. The predicted molar refractivity (Wildman–Crippen MR) is 126 cm³/mol. The number of hydrazine groups is 1. The summed E-state index contributed by atoms with van der Waals surface area (Å²) < 4.78 is 5.65. The summed E-state index contributed by atoms with van der Waals surface area (Å²) in [7, 11) is 1.33. The van der Waals surface area contributed by atoms with Gasteiger partial charge < -0.3 is 4.74 Å². The molecule has 0 aromatic heterocycles. The molecule has 0 N–H and O–H groups in total. The minimum Gasteiger partial charge on any atom is -0.461 e. The quantitative estimate of drug-likeness (QED) is 0.311. The Hall–Kier alpha value is -1.55. The lowest BCUT2D eigenvalue weighted by atomic mass is 10.1. The second-order valence-electron chi connectivity index (χ2n) is 6.46. The SMILES string of the molecule is C=C/C=C(/CCN1C(=O)SCCN1CCC(=O)Cc1cccc(Br)c1)SC(=O)OC. The van der Waals surface area contributed by atoms with Crippen molar-refractivity contribution in [3.8, 4) is 0 Å². The molecular weight excluding hydrogens is 488 g/mol. The van der Waals surface area contributed by atoms with Crippen LogP contribution >= 0.6 is 39.5 Å². The molecule has 0 atom stereocenters. The largest absolute Gasteiger partial charge is 0.461 e. The molecule has 1 aliphatic heterocycles. The third-order valence-corrected chi connectivity index (χ3v) is 6.59. The fraction of sp³-hybridized carbons (Fsp3) is 0.381. The van der Waals surface area contributed by atoms with Gasteiger partial charge in [-0.15, -0.1) is 0 Å². The second-order valence-corrected chi connectivity index (χ2v) is 9.49. The molecule has 1 aromatic rings. The first-order chi connectivity index (χ1) is 14.4. The second kappa shape index (κ2) is 13.0. The van der Waals surface area contributed by atoms with Crippen LogP contribution < -0.4 is 0 Å². The van der Waals surface area contributed by atoms with Crippen LogP contribution in [-0.4, -0.2) is 58.8 Å². The van der Waals surface area contributed by atoms with E-state index in [1.165, 1.54) is 18.9 Å². The predicted octanol–water partition coefficient (Wildman–Crippen LogP) is 5.30. The fourth-order valence-electron chi connectivity index (χ4n) is 2.90. The van der Waals surface area contributed by atoms with E-state index in [-0.39, 0.29) is 11.0 Å². The number of hydrogen-bond acceptors (Lipinski definition) is 7. The Balaban J connectivity index is 1.92. The first kappa shape index (κ1) is 24.7. The van der Waals surface area contributed by atoms with Crippen LogP contribution in [0.3, 0.4) is 0 Å². The van der Waals surface area contributed by atoms with E-state index < -0.39 is 5.30 Å². The summed E-state index contributed by atoms with van der Waals surface area (Å²) in [6.45, 7) is 5.28. The first-order valence-electron chi connectivity index (χ1n) is 9.45. The zero-order valence-electron chi connectivity index (χ0n) is 16.8.